The van der Waals surface area contributed by atoms with Crippen LogP contribution >= 0.6 is 0 Å². The molecule has 0 saturated carbocycles. The summed E-state index contributed by atoms with van der Waals surface area (Å²) in [7, 11) is 5.40. The Kier molecular flexibility index (Phi) is 5.15. The number of hydrogen-bond acceptors (Lipinski definition) is 3. The minimum Gasteiger partial charge on any atom is -0.337 e. The normalized spacial score (nSPS) is 10.5. The molecule has 2 N–H and O–H groups in total. The summed E-state index contributed by atoms with van der Waals surface area (Å²) in [6.45, 7) is 6.22. The highest BCUT2D eigenvalue weighted by Crippen LogP contribution is 2.10. The van der Waals surface area contributed by atoms with Crippen LogP contribution in [0.5, 0.6) is 0 Å². The van der Waals surface area contributed by atoms with Gasteiger partial charge in [-0.2, -0.15) is 5.10 Å². The van der Waals surface area contributed by atoms with E-state index in [-0.39, 0.29) is 6.03 Å². The summed E-state index contributed by atoms with van der Waals surface area (Å²) in [4.78, 5) is 12.8. The molecule has 1 heterocycles. The van der Waals surface area contributed by atoms with E-state index < -0.39 is 0 Å². The highest BCUT2D eigenvalue weighted by Gasteiger charge is 2.08. The zero-order valence-electron chi connectivity index (χ0n) is 11.9. The Hall–Kier alpha value is -1.56. The van der Waals surface area contributed by atoms with Crippen LogP contribution in [0.2, 0.25) is 0 Å². The van der Waals surface area contributed by atoms with Crippen LogP contribution in [0.1, 0.15) is 17.0 Å². The fraction of sp³-hybridized carbons (Fsp3) is 0.667. The van der Waals surface area contributed by atoms with E-state index in [4.69, 9.17) is 0 Å². The molecule has 0 atom stereocenters. The van der Waals surface area contributed by atoms with E-state index in [0.717, 1.165) is 18.8 Å². The van der Waals surface area contributed by atoms with Crippen molar-refractivity contribution in [3.8, 4) is 0 Å². The van der Waals surface area contributed by atoms with Crippen LogP contribution in [-0.2, 0) is 13.6 Å². The first-order valence-electron chi connectivity index (χ1n) is 6.08. The van der Waals surface area contributed by atoms with Crippen molar-refractivity contribution in [2.45, 2.75) is 20.4 Å². The van der Waals surface area contributed by atoms with Gasteiger partial charge in [0.15, 0.2) is 0 Å². The van der Waals surface area contributed by atoms with E-state index in [1.54, 1.807) is 14.1 Å². The first kappa shape index (κ1) is 14.5. The van der Waals surface area contributed by atoms with Gasteiger partial charge in [-0.1, -0.05) is 0 Å². The topological polar surface area (TPSA) is 62.2 Å². The maximum absolute atomic E-state index is 11.3. The second-order valence-corrected chi connectivity index (χ2v) is 4.58. The lowest BCUT2D eigenvalue weighted by Crippen LogP contribution is -2.38. The number of aromatic nitrogens is 2. The molecule has 0 aliphatic carbocycles. The number of amides is 2. The molecule has 1 rings (SSSR count). The van der Waals surface area contributed by atoms with Crippen LogP contribution in [0.15, 0.2) is 0 Å². The van der Waals surface area contributed by atoms with Gasteiger partial charge in [-0.25, -0.2) is 4.79 Å². The average Bonchev–Trinajstić information content (AvgIpc) is 2.54. The third-order valence-electron chi connectivity index (χ3n) is 2.94. The maximum atomic E-state index is 11.3. The van der Waals surface area contributed by atoms with Gasteiger partial charge in [0.1, 0.15) is 0 Å². The molecule has 6 heteroatoms. The van der Waals surface area contributed by atoms with E-state index in [0.29, 0.717) is 6.54 Å². The molecule has 0 aliphatic heterocycles. The molecule has 1 aromatic rings. The summed E-state index contributed by atoms with van der Waals surface area (Å²) in [6.07, 6.45) is 0. The molecule has 0 spiro atoms. The standard InChI is InChI=1S/C12H23N5O/c1-9-11(10(2)17(5)15-9)8-13-6-7-14-12(18)16(3)4/h13H,6-8H2,1-5H3,(H,14,18). The van der Waals surface area contributed by atoms with Gasteiger partial charge in [-0.3, -0.25) is 4.68 Å². The lowest BCUT2D eigenvalue weighted by Gasteiger charge is -2.12. The number of nitrogens with one attached hydrogen (secondary N) is 2. The van der Waals surface area contributed by atoms with Crippen molar-refractivity contribution in [2.24, 2.45) is 7.05 Å². The van der Waals surface area contributed by atoms with Crippen molar-refractivity contribution < 1.29 is 4.79 Å². The molecule has 0 unspecified atom stereocenters. The molecular formula is C12H23N5O. The Morgan fingerprint density at radius 2 is 2.00 bits per heavy atom. The van der Waals surface area contributed by atoms with Crippen molar-refractivity contribution in [2.75, 3.05) is 27.2 Å². The fourth-order valence-electron chi connectivity index (χ4n) is 1.70. The minimum atomic E-state index is -0.0643. The monoisotopic (exact) mass is 253 g/mol. The Morgan fingerprint density at radius 1 is 1.33 bits per heavy atom. The quantitative estimate of drug-likeness (QED) is 0.747. The number of rotatable bonds is 5. The lowest BCUT2D eigenvalue weighted by molar-refractivity contribution is 0.217. The summed E-state index contributed by atoms with van der Waals surface area (Å²) in [5.74, 6) is 0. The van der Waals surface area contributed by atoms with Crippen molar-refractivity contribution in [1.29, 1.82) is 0 Å². The number of aryl methyl sites for hydroxylation is 2. The van der Waals surface area contributed by atoms with Crippen LogP contribution < -0.4 is 10.6 Å². The summed E-state index contributed by atoms with van der Waals surface area (Å²) in [5, 5.41) is 10.5. The van der Waals surface area contributed by atoms with Gasteiger partial charge in [-0.05, 0) is 13.8 Å². The molecule has 102 valence electrons. The van der Waals surface area contributed by atoms with Crippen LogP contribution in [0.4, 0.5) is 4.79 Å². The van der Waals surface area contributed by atoms with Crippen LogP contribution in [0, 0.1) is 13.8 Å². The highest BCUT2D eigenvalue weighted by atomic mass is 16.2. The summed E-state index contributed by atoms with van der Waals surface area (Å²) in [5.41, 5.74) is 3.47. The summed E-state index contributed by atoms with van der Waals surface area (Å²) in [6, 6.07) is -0.0643. The van der Waals surface area contributed by atoms with Gasteiger partial charge < -0.3 is 15.5 Å². The zero-order valence-corrected chi connectivity index (χ0v) is 11.9. The molecule has 18 heavy (non-hydrogen) atoms. The Balaban J connectivity index is 2.28. The molecule has 0 saturated heterocycles. The lowest BCUT2D eigenvalue weighted by atomic mass is 10.2. The van der Waals surface area contributed by atoms with E-state index in [1.807, 2.05) is 18.7 Å². The van der Waals surface area contributed by atoms with Crippen molar-refractivity contribution in [3.05, 3.63) is 17.0 Å². The van der Waals surface area contributed by atoms with Crippen molar-refractivity contribution >= 4 is 6.03 Å². The maximum Gasteiger partial charge on any atom is 0.316 e. The SMILES string of the molecule is Cc1nn(C)c(C)c1CNCCNC(=O)N(C)C. The summed E-state index contributed by atoms with van der Waals surface area (Å²) < 4.78 is 1.89. The molecule has 0 fully saturated rings. The van der Waals surface area contributed by atoms with Gasteiger partial charge in [-0.15, -0.1) is 0 Å². The predicted molar refractivity (Wildman–Crippen MR) is 71.5 cm³/mol. The van der Waals surface area contributed by atoms with E-state index in [2.05, 4.69) is 22.7 Å². The molecule has 0 radical (unpaired) electrons. The Bertz CT molecular complexity index is 411. The van der Waals surface area contributed by atoms with Crippen molar-refractivity contribution in [3.63, 3.8) is 0 Å². The van der Waals surface area contributed by atoms with E-state index in [9.17, 15) is 4.79 Å². The second kappa shape index (κ2) is 6.39. The third kappa shape index (κ3) is 3.73. The molecule has 6 nitrogen and oxygen atoms in total. The molecule has 0 aromatic carbocycles. The minimum absolute atomic E-state index is 0.0643. The first-order valence-corrected chi connectivity index (χ1v) is 6.08. The van der Waals surface area contributed by atoms with Gasteiger partial charge in [0.25, 0.3) is 0 Å². The van der Waals surface area contributed by atoms with Crippen LogP contribution in [-0.4, -0.2) is 47.9 Å². The molecular weight excluding hydrogens is 230 g/mol. The predicted octanol–water partition coefficient (Wildman–Crippen LogP) is 0.398. The first-order chi connectivity index (χ1) is 8.43. The van der Waals surface area contributed by atoms with E-state index in [1.165, 1.54) is 16.2 Å². The molecule has 0 aliphatic rings. The number of carbonyl (C=O) groups is 1. The summed E-state index contributed by atoms with van der Waals surface area (Å²) >= 11 is 0. The van der Waals surface area contributed by atoms with Gasteiger partial charge in [0, 0.05) is 52.0 Å². The number of urea groups is 1. The van der Waals surface area contributed by atoms with Crippen molar-refractivity contribution in [1.82, 2.24) is 25.3 Å². The smallest absolute Gasteiger partial charge is 0.316 e. The van der Waals surface area contributed by atoms with Crippen LogP contribution in [0.3, 0.4) is 0 Å². The average molecular weight is 253 g/mol. The van der Waals surface area contributed by atoms with Gasteiger partial charge >= 0.3 is 6.03 Å². The Morgan fingerprint density at radius 3 is 2.50 bits per heavy atom. The number of hydrogen-bond donors (Lipinski definition) is 2. The fourth-order valence-corrected chi connectivity index (χ4v) is 1.70. The third-order valence-corrected chi connectivity index (χ3v) is 2.94. The number of carbonyl (C=O) groups excluding carboxylic acids is 1. The molecule has 0 bridgehead atoms. The highest BCUT2D eigenvalue weighted by molar-refractivity contribution is 5.73. The zero-order chi connectivity index (χ0) is 13.7. The van der Waals surface area contributed by atoms with E-state index >= 15 is 0 Å². The number of nitrogens with zero attached hydrogens (tertiary/aromatic N) is 3. The molecule has 2 amide bonds. The van der Waals surface area contributed by atoms with Crippen LogP contribution in [0.25, 0.3) is 0 Å². The second-order valence-electron chi connectivity index (χ2n) is 4.58. The Labute approximate surface area is 108 Å². The van der Waals surface area contributed by atoms with Gasteiger partial charge in [0.05, 0.1) is 5.69 Å². The molecule has 1 aromatic heterocycles. The largest absolute Gasteiger partial charge is 0.337 e. The van der Waals surface area contributed by atoms with Gasteiger partial charge in [0.2, 0.25) is 0 Å².